The Kier molecular flexibility index (Phi) is 9.28. The average molecular weight is 328 g/mol. The summed E-state index contributed by atoms with van der Waals surface area (Å²) in [6.07, 6.45) is 10.3. The molecule has 0 saturated carbocycles. The largest absolute Gasteiger partial charge is 0.490 e. The predicted molar refractivity (Wildman–Crippen MR) is 100 cm³/mol. The first-order valence-corrected chi connectivity index (χ1v) is 8.29. The van der Waals surface area contributed by atoms with E-state index in [1.165, 1.54) is 18.1 Å². The fraction of sp³-hybridized carbons (Fsp3) is 0.381. The molecule has 1 aromatic rings. The van der Waals surface area contributed by atoms with E-state index in [1.54, 1.807) is 0 Å². The molecule has 3 nitrogen and oxygen atoms in total. The lowest BCUT2D eigenvalue weighted by atomic mass is 10.1. The second-order valence-electron chi connectivity index (χ2n) is 5.96. The topological polar surface area (TPSA) is 35.5 Å². The molecule has 0 atom stereocenters. The van der Waals surface area contributed by atoms with Gasteiger partial charge in [-0.25, -0.2) is 0 Å². The van der Waals surface area contributed by atoms with Crippen molar-refractivity contribution < 1.29 is 14.3 Å². The Morgan fingerprint density at radius 1 is 1.00 bits per heavy atom. The van der Waals surface area contributed by atoms with Gasteiger partial charge in [0.15, 0.2) is 0 Å². The van der Waals surface area contributed by atoms with E-state index in [0.717, 1.165) is 24.2 Å². The van der Waals surface area contributed by atoms with Crippen LogP contribution in [-0.4, -0.2) is 19.2 Å². The van der Waals surface area contributed by atoms with Gasteiger partial charge in [-0.2, -0.15) is 0 Å². The first kappa shape index (κ1) is 19.8. The van der Waals surface area contributed by atoms with Crippen LogP contribution in [0.3, 0.4) is 0 Å². The molecule has 0 aliphatic heterocycles. The molecule has 0 spiro atoms. The van der Waals surface area contributed by atoms with Crippen LogP contribution >= 0.6 is 0 Å². The number of esters is 1. The van der Waals surface area contributed by atoms with Gasteiger partial charge in [0.05, 0.1) is 0 Å². The van der Waals surface area contributed by atoms with Crippen LogP contribution in [0.2, 0.25) is 0 Å². The molecule has 0 aliphatic carbocycles. The van der Waals surface area contributed by atoms with Crippen molar-refractivity contribution in [2.24, 2.45) is 0 Å². The van der Waals surface area contributed by atoms with Crippen LogP contribution in [0.1, 0.15) is 46.1 Å². The number of allylic oxidation sites excluding steroid dienone is 3. The Morgan fingerprint density at radius 2 is 1.71 bits per heavy atom. The van der Waals surface area contributed by atoms with E-state index in [0.29, 0.717) is 13.2 Å². The summed E-state index contributed by atoms with van der Waals surface area (Å²) in [4.78, 5) is 10.7. The Hall–Kier alpha value is -2.29. The number of benzene rings is 1. The molecular weight excluding hydrogens is 300 g/mol. The fourth-order valence-corrected chi connectivity index (χ4v) is 2.00. The number of rotatable bonds is 9. The number of hydrogen-bond acceptors (Lipinski definition) is 3. The summed E-state index contributed by atoms with van der Waals surface area (Å²) >= 11 is 0. The molecule has 0 unspecified atom stereocenters. The molecule has 1 aromatic carbocycles. The van der Waals surface area contributed by atoms with Gasteiger partial charge in [-0.15, -0.1) is 0 Å². The zero-order valence-electron chi connectivity index (χ0n) is 15.2. The average Bonchev–Trinajstić information content (AvgIpc) is 2.52. The normalized spacial score (nSPS) is 11.4. The minimum atomic E-state index is -0.271. The Balaban J connectivity index is 2.36. The van der Waals surface area contributed by atoms with Crippen LogP contribution in [0.5, 0.6) is 5.75 Å². The van der Waals surface area contributed by atoms with Gasteiger partial charge in [-0.1, -0.05) is 35.4 Å². The first-order chi connectivity index (χ1) is 11.5. The van der Waals surface area contributed by atoms with E-state index in [2.05, 4.69) is 32.9 Å². The molecule has 0 bridgehead atoms. The predicted octanol–water partition coefficient (Wildman–Crippen LogP) is 5.33. The third kappa shape index (κ3) is 9.67. The molecule has 1 rings (SSSR count). The minimum absolute atomic E-state index is 0.271. The van der Waals surface area contributed by atoms with Gasteiger partial charge in [0.1, 0.15) is 19.0 Å². The summed E-state index contributed by atoms with van der Waals surface area (Å²) in [5.74, 6) is 0.577. The highest BCUT2D eigenvalue weighted by molar-refractivity contribution is 5.66. The lowest BCUT2D eigenvalue weighted by Crippen LogP contribution is -1.97. The van der Waals surface area contributed by atoms with Gasteiger partial charge >= 0.3 is 5.97 Å². The Morgan fingerprint density at radius 3 is 2.33 bits per heavy atom. The van der Waals surface area contributed by atoms with Crippen LogP contribution in [0.25, 0.3) is 6.08 Å². The number of hydrogen-bond donors (Lipinski definition) is 0. The maximum atomic E-state index is 10.7. The van der Waals surface area contributed by atoms with E-state index in [4.69, 9.17) is 9.47 Å². The smallest absolute Gasteiger partial charge is 0.302 e. The summed E-state index contributed by atoms with van der Waals surface area (Å²) in [7, 11) is 0. The fourth-order valence-electron chi connectivity index (χ4n) is 2.00. The molecule has 0 radical (unpaired) electrons. The number of carbonyl (C=O) groups excluding carboxylic acids is 1. The van der Waals surface area contributed by atoms with E-state index < -0.39 is 0 Å². The molecule has 0 aromatic heterocycles. The maximum absolute atomic E-state index is 10.7. The van der Waals surface area contributed by atoms with Crippen molar-refractivity contribution in [2.45, 2.75) is 40.5 Å². The molecule has 0 aliphatic rings. The second-order valence-corrected chi connectivity index (χ2v) is 5.96. The van der Waals surface area contributed by atoms with Gasteiger partial charge in [0.2, 0.25) is 0 Å². The number of ether oxygens (including phenoxy) is 2. The molecule has 130 valence electrons. The highest BCUT2D eigenvalue weighted by Gasteiger charge is 1.94. The van der Waals surface area contributed by atoms with Crippen molar-refractivity contribution in [1.29, 1.82) is 0 Å². The zero-order chi connectivity index (χ0) is 17.8. The summed E-state index contributed by atoms with van der Waals surface area (Å²) in [6, 6.07) is 7.84. The molecule has 0 saturated heterocycles. The van der Waals surface area contributed by atoms with E-state index >= 15 is 0 Å². The molecule has 24 heavy (non-hydrogen) atoms. The summed E-state index contributed by atoms with van der Waals surface area (Å²) in [6.45, 7) is 8.66. The van der Waals surface area contributed by atoms with Crippen LogP contribution in [0.15, 0.2) is 53.6 Å². The van der Waals surface area contributed by atoms with Gasteiger partial charge < -0.3 is 9.47 Å². The molecular formula is C21H28O3. The third-order valence-corrected chi connectivity index (χ3v) is 3.35. The molecule has 0 fully saturated rings. The van der Waals surface area contributed by atoms with Crippen LogP contribution < -0.4 is 4.74 Å². The second kappa shape index (κ2) is 11.3. The lowest BCUT2D eigenvalue weighted by molar-refractivity contribution is -0.139. The SMILES string of the molecule is CC(=O)OC/C=C/c1ccc(OC/C=C(\C)CCC=C(C)C)cc1. The standard InChI is InChI=1S/C21H28O3/c1-17(2)7-5-8-18(3)14-16-24-21-12-10-20(11-13-21)9-6-15-23-19(4)22/h6-7,9-14H,5,8,15-16H2,1-4H3/b9-6+,18-14+. The van der Waals surface area contributed by atoms with Crippen LogP contribution in [0, 0.1) is 0 Å². The van der Waals surface area contributed by atoms with Crippen molar-refractivity contribution in [3.63, 3.8) is 0 Å². The zero-order valence-corrected chi connectivity index (χ0v) is 15.2. The molecule has 0 heterocycles. The highest BCUT2D eigenvalue weighted by Crippen LogP contribution is 2.14. The quantitative estimate of drug-likeness (QED) is 0.454. The van der Waals surface area contributed by atoms with Crippen LogP contribution in [0.4, 0.5) is 0 Å². The van der Waals surface area contributed by atoms with Crippen LogP contribution in [-0.2, 0) is 9.53 Å². The summed E-state index contributed by atoms with van der Waals surface area (Å²) in [5.41, 5.74) is 3.75. The molecule has 0 N–H and O–H groups in total. The highest BCUT2D eigenvalue weighted by atomic mass is 16.5. The van der Waals surface area contributed by atoms with E-state index in [9.17, 15) is 4.79 Å². The summed E-state index contributed by atoms with van der Waals surface area (Å²) < 4.78 is 10.6. The van der Waals surface area contributed by atoms with Crippen molar-refractivity contribution in [1.82, 2.24) is 0 Å². The monoisotopic (exact) mass is 328 g/mol. The Bertz CT molecular complexity index is 588. The Labute approximate surface area is 145 Å². The summed E-state index contributed by atoms with van der Waals surface area (Å²) in [5, 5.41) is 0. The van der Waals surface area contributed by atoms with Crippen molar-refractivity contribution >= 4 is 12.0 Å². The van der Waals surface area contributed by atoms with Gasteiger partial charge in [0.25, 0.3) is 0 Å². The van der Waals surface area contributed by atoms with E-state index in [1.807, 2.05) is 36.4 Å². The number of carbonyl (C=O) groups is 1. The minimum Gasteiger partial charge on any atom is -0.490 e. The third-order valence-electron chi connectivity index (χ3n) is 3.35. The van der Waals surface area contributed by atoms with Crippen molar-refractivity contribution in [2.75, 3.05) is 13.2 Å². The lowest BCUT2D eigenvalue weighted by Gasteiger charge is -2.05. The van der Waals surface area contributed by atoms with Gasteiger partial charge in [0, 0.05) is 6.92 Å². The molecule has 3 heteroatoms. The first-order valence-electron chi connectivity index (χ1n) is 8.29. The van der Waals surface area contributed by atoms with E-state index in [-0.39, 0.29) is 5.97 Å². The maximum Gasteiger partial charge on any atom is 0.302 e. The van der Waals surface area contributed by atoms with Gasteiger partial charge in [-0.05, 0) is 63.5 Å². The van der Waals surface area contributed by atoms with Crippen molar-refractivity contribution in [3.05, 3.63) is 59.2 Å². The van der Waals surface area contributed by atoms with Gasteiger partial charge in [-0.3, -0.25) is 4.79 Å². The molecule has 0 amide bonds. The van der Waals surface area contributed by atoms with Crippen molar-refractivity contribution in [3.8, 4) is 5.75 Å².